The summed E-state index contributed by atoms with van der Waals surface area (Å²) in [6.07, 6.45) is -0.575. The van der Waals surface area contributed by atoms with Gasteiger partial charge in [0, 0.05) is 6.42 Å². The minimum Gasteiger partial charge on any atom is -0.481 e. The van der Waals surface area contributed by atoms with Crippen LogP contribution in [0.5, 0.6) is 0 Å². The number of aliphatic hydroxyl groups excluding tert-OH is 2. The van der Waals surface area contributed by atoms with E-state index in [9.17, 15) is 34.2 Å². The number of nitrogens with one attached hydrogen (secondary N) is 3. The third-order valence-electron chi connectivity index (χ3n) is 3.37. The first-order valence-electron chi connectivity index (χ1n) is 7.86. The van der Waals surface area contributed by atoms with Gasteiger partial charge in [0.05, 0.1) is 19.3 Å². The highest BCUT2D eigenvalue weighted by Crippen LogP contribution is 1.97. The summed E-state index contributed by atoms with van der Waals surface area (Å²) in [5.74, 6) is -5.41. The fraction of sp³-hybridized carbons (Fsp3) is 0.643. The van der Waals surface area contributed by atoms with Crippen LogP contribution in [0.1, 0.15) is 19.8 Å². The van der Waals surface area contributed by atoms with Crippen molar-refractivity contribution in [3.8, 4) is 0 Å². The molecule has 0 saturated carbocycles. The van der Waals surface area contributed by atoms with Crippen molar-refractivity contribution >= 4 is 29.7 Å². The second-order valence-corrected chi connectivity index (χ2v) is 5.59. The number of hydrogen-bond acceptors (Lipinski definition) is 8. The van der Waals surface area contributed by atoms with Gasteiger partial charge in [-0.3, -0.25) is 24.0 Å². The fourth-order valence-electron chi connectivity index (χ4n) is 1.73. The maximum atomic E-state index is 12.1. The zero-order valence-corrected chi connectivity index (χ0v) is 14.5. The van der Waals surface area contributed by atoms with Gasteiger partial charge in [0.25, 0.3) is 0 Å². The van der Waals surface area contributed by atoms with E-state index < -0.39 is 67.0 Å². The predicted molar refractivity (Wildman–Crippen MR) is 88.1 cm³/mol. The summed E-state index contributed by atoms with van der Waals surface area (Å²) >= 11 is 0. The number of rotatable bonds is 12. The van der Waals surface area contributed by atoms with E-state index in [4.69, 9.17) is 15.9 Å². The molecule has 3 amide bonds. The van der Waals surface area contributed by atoms with E-state index >= 15 is 0 Å². The molecule has 0 heterocycles. The van der Waals surface area contributed by atoms with Gasteiger partial charge in [-0.25, -0.2) is 0 Å². The zero-order valence-electron chi connectivity index (χ0n) is 14.5. The van der Waals surface area contributed by atoms with Gasteiger partial charge in [-0.05, 0) is 13.3 Å². The van der Waals surface area contributed by atoms with Crippen LogP contribution in [0.15, 0.2) is 0 Å². The largest absolute Gasteiger partial charge is 0.481 e. The van der Waals surface area contributed by atoms with E-state index in [0.717, 1.165) is 0 Å². The average molecular weight is 392 g/mol. The molecule has 4 atom stereocenters. The monoisotopic (exact) mass is 392 g/mol. The van der Waals surface area contributed by atoms with Gasteiger partial charge in [0.15, 0.2) is 0 Å². The van der Waals surface area contributed by atoms with Crippen LogP contribution in [0.4, 0.5) is 0 Å². The summed E-state index contributed by atoms with van der Waals surface area (Å²) < 4.78 is 0. The van der Waals surface area contributed by atoms with E-state index in [0.29, 0.717) is 0 Å². The molecule has 0 spiro atoms. The summed E-state index contributed by atoms with van der Waals surface area (Å²) in [7, 11) is 0. The Morgan fingerprint density at radius 1 is 0.852 bits per heavy atom. The first-order chi connectivity index (χ1) is 12.5. The number of aliphatic hydroxyl groups is 2. The summed E-state index contributed by atoms with van der Waals surface area (Å²) in [6.45, 7) is -0.561. The lowest BCUT2D eigenvalue weighted by atomic mass is 10.1. The average Bonchev–Trinajstić information content (AvgIpc) is 2.60. The first kappa shape index (κ1) is 24.2. The van der Waals surface area contributed by atoms with Crippen LogP contribution in [-0.2, 0) is 24.0 Å². The number of amides is 3. The van der Waals surface area contributed by atoms with Crippen LogP contribution in [0.3, 0.4) is 0 Å². The molecule has 0 aliphatic carbocycles. The maximum Gasteiger partial charge on any atom is 0.325 e. The molecule has 0 aromatic rings. The van der Waals surface area contributed by atoms with Crippen LogP contribution in [0, 0.1) is 0 Å². The van der Waals surface area contributed by atoms with Crippen molar-refractivity contribution < 1.29 is 44.4 Å². The van der Waals surface area contributed by atoms with Crippen molar-refractivity contribution in [1.82, 2.24) is 16.0 Å². The van der Waals surface area contributed by atoms with E-state index in [1.807, 2.05) is 5.32 Å². The lowest BCUT2D eigenvalue weighted by molar-refractivity contribution is -0.142. The topological polar surface area (TPSA) is 228 Å². The molecule has 0 saturated heterocycles. The van der Waals surface area contributed by atoms with Crippen LogP contribution in [-0.4, -0.2) is 87.5 Å². The Kier molecular flexibility index (Phi) is 10.6. The minimum atomic E-state index is -1.52. The Bertz CT molecular complexity index is 569. The molecule has 27 heavy (non-hydrogen) atoms. The third kappa shape index (κ3) is 8.94. The molecule has 0 aliphatic rings. The van der Waals surface area contributed by atoms with Gasteiger partial charge in [0.2, 0.25) is 17.7 Å². The summed E-state index contributed by atoms with van der Waals surface area (Å²) in [5, 5.41) is 41.9. The Labute approximate surface area is 153 Å². The lowest BCUT2D eigenvalue weighted by Gasteiger charge is -2.22. The van der Waals surface area contributed by atoms with Crippen LogP contribution < -0.4 is 21.7 Å². The molecule has 0 rings (SSSR count). The number of carbonyl (C=O) groups excluding carboxylic acids is 3. The Hall–Kier alpha value is -2.77. The molecular formula is C14H24N4O9. The molecule has 0 radical (unpaired) electrons. The second kappa shape index (κ2) is 11.8. The smallest absolute Gasteiger partial charge is 0.325 e. The highest BCUT2D eigenvalue weighted by atomic mass is 16.4. The maximum absolute atomic E-state index is 12.1. The molecule has 0 aromatic heterocycles. The quantitative estimate of drug-likeness (QED) is 0.159. The number of hydrogen-bond donors (Lipinski definition) is 8. The zero-order chi connectivity index (χ0) is 21.1. The van der Waals surface area contributed by atoms with Crippen molar-refractivity contribution in [2.45, 2.75) is 43.9 Å². The van der Waals surface area contributed by atoms with Crippen molar-refractivity contribution in [2.75, 3.05) is 13.2 Å². The van der Waals surface area contributed by atoms with Crippen LogP contribution in [0.2, 0.25) is 0 Å². The Balaban J connectivity index is 4.80. The highest BCUT2D eigenvalue weighted by Gasteiger charge is 2.28. The first-order valence-corrected chi connectivity index (χ1v) is 7.86. The van der Waals surface area contributed by atoms with Gasteiger partial charge >= 0.3 is 11.9 Å². The summed E-state index contributed by atoms with van der Waals surface area (Å²) in [4.78, 5) is 56.9. The molecule has 0 fully saturated rings. The van der Waals surface area contributed by atoms with Gasteiger partial charge in [0.1, 0.15) is 18.1 Å². The number of carboxylic acids is 2. The van der Waals surface area contributed by atoms with E-state index in [-0.39, 0.29) is 12.8 Å². The van der Waals surface area contributed by atoms with Crippen LogP contribution >= 0.6 is 0 Å². The minimum absolute atomic E-state index is 0.199. The van der Waals surface area contributed by atoms with E-state index in [1.165, 1.54) is 6.92 Å². The number of aliphatic carboxylic acids is 2. The fourth-order valence-corrected chi connectivity index (χ4v) is 1.73. The van der Waals surface area contributed by atoms with Crippen molar-refractivity contribution in [3.05, 3.63) is 0 Å². The van der Waals surface area contributed by atoms with Crippen molar-refractivity contribution in [2.24, 2.45) is 5.73 Å². The van der Waals surface area contributed by atoms with Gasteiger partial charge < -0.3 is 42.1 Å². The number of carbonyl (C=O) groups is 5. The highest BCUT2D eigenvalue weighted by molar-refractivity contribution is 5.94. The summed E-state index contributed by atoms with van der Waals surface area (Å²) in [5.41, 5.74) is 5.48. The molecule has 13 nitrogen and oxygen atoms in total. The molecule has 13 heteroatoms. The normalized spacial score (nSPS) is 15.0. The SMILES string of the molecule is CC(NC(=O)C(CO)NC(=O)C(CO)NC(=O)C(N)CCC(=O)O)C(=O)O. The van der Waals surface area contributed by atoms with Gasteiger partial charge in [-0.2, -0.15) is 0 Å². The van der Waals surface area contributed by atoms with E-state index in [2.05, 4.69) is 10.6 Å². The number of carboxylic acid groups (broad SMARTS) is 2. The summed E-state index contributed by atoms with van der Waals surface area (Å²) in [6, 6.07) is -5.56. The van der Waals surface area contributed by atoms with Gasteiger partial charge in [-0.1, -0.05) is 0 Å². The predicted octanol–water partition coefficient (Wildman–Crippen LogP) is -4.28. The van der Waals surface area contributed by atoms with Crippen LogP contribution in [0.25, 0.3) is 0 Å². The lowest BCUT2D eigenvalue weighted by Crippen LogP contribution is -2.58. The second-order valence-electron chi connectivity index (χ2n) is 5.59. The van der Waals surface area contributed by atoms with E-state index in [1.54, 1.807) is 0 Å². The van der Waals surface area contributed by atoms with Crippen molar-refractivity contribution in [1.29, 1.82) is 0 Å². The van der Waals surface area contributed by atoms with Gasteiger partial charge in [-0.15, -0.1) is 0 Å². The third-order valence-corrected chi connectivity index (χ3v) is 3.37. The Morgan fingerprint density at radius 2 is 1.30 bits per heavy atom. The molecule has 0 aliphatic heterocycles. The molecule has 154 valence electrons. The molecule has 9 N–H and O–H groups in total. The molecule has 4 unspecified atom stereocenters. The molecule has 0 aromatic carbocycles. The molecule has 0 bridgehead atoms. The van der Waals surface area contributed by atoms with Crippen molar-refractivity contribution in [3.63, 3.8) is 0 Å². The standard InChI is InChI=1S/C14H24N4O9/c1-6(14(26)27)16-12(24)8(4-19)18-13(25)9(5-20)17-11(23)7(15)2-3-10(21)22/h6-9,19-20H,2-5,15H2,1H3,(H,16,24)(H,17,23)(H,18,25)(H,21,22)(H,26,27). The Morgan fingerprint density at radius 3 is 1.70 bits per heavy atom. The number of nitrogens with two attached hydrogens (primary N) is 1. The molecular weight excluding hydrogens is 368 g/mol.